The first-order chi connectivity index (χ1) is 24.2. The first-order valence-corrected chi connectivity index (χ1v) is 18.0. The number of carboxylic acid groups (broad SMARTS) is 1. The molecule has 10 N–H and O–H groups in total. The Morgan fingerprint density at radius 2 is 1.73 bits per heavy atom. The van der Waals surface area contributed by atoms with Gasteiger partial charge in [-0.2, -0.15) is 0 Å². The van der Waals surface area contributed by atoms with Crippen LogP contribution in [0.5, 0.6) is 0 Å². The summed E-state index contributed by atoms with van der Waals surface area (Å²) in [5.41, 5.74) is 11.4. The van der Waals surface area contributed by atoms with E-state index in [1.54, 1.807) is 12.2 Å². The second-order valence-electron chi connectivity index (χ2n) is 13.2. The molecule has 1 saturated heterocycles. The number of carbonyl (C=O) groups is 3. The number of aliphatic carboxylic acids is 1. The summed E-state index contributed by atoms with van der Waals surface area (Å²) in [5.74, 6) is -2.15. The van der Waals surface area contributed by atoms with E-state index in [-0.39, 0.29) is 43.3 Å². The number of allylic oxidation sites excluding steroid dienone is 5. The van der Waals surface area contributed by atoms with Gasteiger partial charge in [0.2, 0.25) is 5.91 Å². The maximum Gasteiger partial charge on any atom is 0.326 e. The Kier molecular flexibility index (Phi) is 22.6. The summed E-state index contributed by atoms with van der Waals surface area (Å²) in [4.78, 5) is 39.9. The highest BCUT2D eigenvalue weighted by molar-refractivity contribution is 5.91. The number of aliphatic hydroxyl groups excluding tert-OH is 3. The lowest BCUT2D eigenvalue weighted by Gasteiger charge is -2.36. The van der Waals surface area contributed by atoms with Crippen molar-refractivity contribution in [2.24, 2.45) is 28.3 Å². The number of ether oxygens (including phenoxy) is 2. The summed E-state index contributed by atoms with van der Waals surface area (Å²) in [5, 5.41) is 46.4. The summed E-state index contributed by atoms with van der Waals surface area (Å²) in [6.07, 6.45) is 11.7. The highest BCUT2D eigenvalue weighted by Crippen LogP contribution is 2.30. The number of nitrogens with one attached hydrogen (secondary N) is 2. The molecule has 9 atom stereocenters. The number of methoxy groups -OCH3 is 1. The molecule has 0 aliphatic carbocycles. The molecule has 2 amide bonds. The topological polar surface area (TPSA) is 239 Å². The van der Waals surface area contributed by atoms with Crippen molar-refractivity contribution in [3.8, 4) is 0 Å². The number of guanidine groups is 1. The van der Waals surface area contributed by atoms with E-state index in [4.69, 9.17) is 20.9 Å². The number of aliphatic hydroxyl groups is 3. The Bertz CT molecular complexity index is 1190. The van der Waals surface area contributed by atoms with Crippen LogP contribution in [0.1, 0.15) is 91.4 Å². The Balaban J connectivity index is 2.34. The Morgan fingerprint density at radius 3 is 2.35 bits per heavy atom. The van der Waals surface area contributed by atoms with E-state index in [1.165, 1.54) is 19.3 Å². The summed E-state index contributed by atoms with van der Waals surface area (Å²) >= 11 is 0. The second kappa shape index (κ2) is 25.4. The van der Waals surface area contributed by atoms with Crippen LogP contribution in [-0.2, 0) is 23.9 Å². The highest BCUT2D eigenvalue weighted by atomic mass is 16.5. The molecule has 1 rings (SSSR count). The van der Waals surface area contributed by atoms with Gasteiger partial charge < -0.3 is 52.0 Å². The normalized spacial score (nSPS) is 21.6. The van der Waals surface area contributed by atoms with Gasteiger partial charge in [-0.1, -0.05) is 62.8 Å². The van der Waals surface area contributed by atoms with E-state index >= 15 is 0 Å². The second-order valence-corrected chi connectivity index (χ2v) is 13.2. The monoisotopic (exact) mass is 721 g/mol. The van der Waals surface area contributed by atoms with Gasteiger partial charge in [0, 0.05) is 25.6 Å². The average Bonchev–Trinajstić information content (AvgIpc) is 3.07. The molecular weight excluding hydrogens is 658 g/mol. The van der Waals surface area contributed by atoms with Crippen LogP contribution in [-0.4, -0.2) is 101 Å². The number of nitrogens with zero attached hydrogens (tertiary/aromatic N) is 1. The van der Waals surface area contributed by atoms with Crippen molar-refractivity contribution in [2.45, 2.75) is 134 Å². The molecule has 1 aliphatic heterocycles. The molecule has 0 radical (unpaired) electrons. The standard InChI is InChI=1S/C37H63N5O9/c1-6-27(16-14-20-33(50-5)42-35(47)34(46)31-22-24(2)25(3)26(4)51-31)30(44)23-28(43)17-12-10-8-7-9-11-13-19-32(45)41-29(36(48)49)18-15-21-40-37(38)39/h7-9,11,13,19,25-31,33-34,43-44,46H,2,6,10,12,14-18,20-23H2,1,3-5H3,(H,41,45)(H,42,47)(H,48,49)(H4,38,39,40)/b8-7+,11-9+,19-13+/t25?,26?,27?,28?,29?,30-,31?,33?,34?/m1/s1. The Morgan fingerprint density at radius 1 is 1.02 bits per heavy atom. The molecule has 290 valence electrons. The third kappa shape index (κ3) is 19.0. The third-order valence-corrected chi connectivity index (χ3v) is 9.22. The van der Waals surface area contributed by atoms with Gasteiger partial charge in [0.15, 0.2) is 12.1 Å². The molecule has 14 heteroatoms. The van der Waals surface area contributed by atoms with Gasteiger partial charge in [0.05, 0.1) is 24.4 Å². The van der Waals surface area contributed by atoms with Gasteiger partial charge in [-0.3, -0.25) is 14.6 Å². The number of rotatable bonds is 25. The van der Waals surface area contributed by atoms with Crippen molar-refractivity contribution in [3.63, 3.8) is 0 Å². The molecule has 8 unspecified atom stereocenters. The zero-order chi connectivity index (χ0) is 38.3. The third-order valence-electron chi connectivity index (χ3n) is 9.22. The minimum absolute atomic E-state index is 0.0188. The molecule has 1 aliphatic rings. The first kappa shape index (κ1) is 45.5. The lowest BCUT2D eigenvalue weighted by Crippen LogP contribution is -2.50. The zero-order valence-corrected chi connectivity index (χ0v) is 30.8. The van der Waals surface area contributed by atoms with Gasteiger partial charge in [0.25, 0.3) is 5.91 Å². The number of amides is 2. The SMILES string of the molecule is C=C1CC(C(O)C(=O)NC(CCCC(CC)[C@H](O)CC(O)CCC/C=C/C=C/C=C/C(=O)NC(CCCN=C(N)N)C(=O)O)OC)OC(C)C1C. The van der Waals surface area contributed by atoms with E-state index in [0.29, 0.717) is 38.5 Å². The van der Waals surface area contributed by atoms with Gasteiger partial charge >= 0.3 is 5.97 Å². The van der Waals surface area contributed by atoms with Crippen molar-refractivity contribution in [3.05, 3.63) is 48.6 Å². The van der Waals surface area contributed by atoms with Crippen LogP contribution in [0.2, 0.25) is 0 Å². The zero-order valence-electron chi connectivity index (χ0n) is 30.8. The predicted molar refractivity (Wildman–Crippen MR) is 197 cm³/mol. The minimum Gasteiger partial charge on any atom is -0.480 e. The van der Waals surface area contributed by atoms with Crippen molar-refractivity contribution in [2.75, 3.05) is 13.7 Å². The number of nitrogens with two attached hydrogens (primary N) is 2. The number of aliphatic imine (C=N–C) groups is 1. The van der Waals surface area contributed by atoms with Crippen LogP contribution in [0.4, 0.5) is 0 Å². The molecule has 0 aromatic heterocycles. The molecular formula is C37H63N5O9. The fraction of sp³-hybridized carbons (Fsp3) is 0.676. The maximum atomic E-state index is 12.7. The van der Waals surface area contributed by atoms with Crippen molar-refractivity contribution in [1.82, 2.24) is 10.6 Å². The predicted octanol–water partition coefficient (Wildman–Crippen LogP) is 2.58. The Labute approximate surface area is 303 Å². The lowest BCUT2D eigenvalue weighted by atomic mass is 9.88. The molecule has 51 heavy (non-hydrogen) atoms. The van der Waals surface area contributed by atoms with Gasteiger partial charge in [-0.15, -0.1) is 0 Å². The van der Waals surface area contributed by atoms with Crippen LogP contribution in [0.3, 0.4) is 0 Å². The summed E-state index contributed by atoms with van der Waals surface area (Å²) in [6, 6.07) is -1.04. The van der Waals surface area contributed by atoms with Crippen LogP contribution in [0, 0.1) is 11.8 Å². The molecule has 0 spiro atoms. The highest BCUT2D eigenvalue weighted by Gasteiger charge is 2.36. The lowest BCUT2D eigenvalue weighted by molar-refractivity contribution is -0.150. The van der Waals surface area contributed by atoms with E-state index in [0.717, 1.165) is 24.8 Å². The Hall–Kier alpha value is -3.56. The minimum atomic E-state index is -1.34. The molecule has 14 nitrogen and oxygen atoms in total. The van der Waals surface area contributed by atoms with Crippen LogP contribution in [0.25, 0.3) is 0 Å². The van der Waals surface area contributed by atoms with Crippen LogP contribution < -0.4 is 22.1 Å². The fourth-order valence-electron chi connectivity index (χ4n) is 5.79. The fourth-order valence-corrected chi connectivity index (χ4v) is 5.79. The summed E-state index contributed by atoms with van der Waals surface area (Å²) in [7, 11) is 1.50. The number of unbranched alkanes of at least 4 members (excludes halogenated alkanes) is 1. The number of carboxylic acids is 1. The molecule has 0 saturated carbocycles. The first-order valence-electron chi connectivity index (χ1n) is 18.0. The van der Waals surface area contributed by atoms with Gasteiger partial charge in [-0.05, 0) is 77.0 Å². The molecule has 1 fully saturated rings. The summed E-state index contributed by atoms with van der Waals surface area (Å²) < 4.78 is 11.3. The largest absolute Gasteiger partial charge is 0.480 e. The molecule has 0 aromatic carbocycles. The number of hydrogen-bond acceptors (Lipinski definition) is 9. The van der Waals surface area contributed by atoms with Gasteiger partial charge in [-0.25, -0.2) is 4.79 Å². The quantitative estimate of drug-likeness (QED) is 0.0130. The molecule has 0 aromatic rings. The number of carbonyl (C=O) groups excluding carboxylic acids is 2. The van der Waals surface area contributed by atoms with Crippen LogP contribution >= 0.6 is 0 Å². The van der Waals surface area contributed by atoms with E-state index < -0.39 is 54.5 Å². The van der Waals surface area contributed by atoms with Crippen LogP contribution in [0.15, 0.2) is 53.6 Å². The van der Waals surface area contributed by atoms with Crippen molar-refractivity contribution < 1.29 is 44.3 Å². The number of hydrogen-bond donors (Lipinski definition) is 8. The maximum absolute atomic E-state index is 12.7. The van der Waals surface area contributed by atoms with E-state index in [9.17, 15) is 34.8 Å². The van der Waals surface area contributed by atoms with Crippen molar-refractivity contribution >= 4 is 23.7 Å². The summed E-state index contributed by atoms with van der Waals surface area (Å²) in [6.45, 7) is 10.2. The molecule has 1 heterocycles. The average molecular weight is 722 g/mol. The molecule has 0 bridgehead atoms. The van der Waals surface area contributed by atoms with Crippen molar-refractivity contribution in [1.29, 1.82) is 0 Å². The smallest absolute Gasteiger partial charge is 0.326 e. The van der Waals surface area contributed by atoms with E-state index in [1.807, 2.05) is 32.9 Å². The van der Waals surface area contributed by atoms with E-state index in [2.05, 4.69) is 22.2 Å². The van der Waals surface area contributed by atoms with Gasteiger partial charge in [0.1, 0.15) is 12.3 Å².